The predicted molar refractivity (Wildman–Crippen MR) is 84.8 cm³/mol. The monoisotopic (exact) mass is 341 g/mol. The van der Waals surface area contributed by atoms with Crippen LogP contribution >= 0.6 is 0 Å². The molecule has 0 bridgehead atoms. The van der Waals surface area contributed by atoms with Crippen molar-refractivity contribution in [1.29, 1.82) is 5.26 Å². The number of imide groups is 1. The van der Waals surface area contributed by atoms with Gasteiger partial charge in [0, 0.05) is 7.05 Å². The Labute approximate surface area is 138 Å². The molecule has 0 saturated carbocycles. The van der Waals surface area contributed by atoms with E-state index in [0.29, 0.717) is 0 Å². The summed E-state index contributed by atoms with van der Waals surface area (Å²) in [7, 11) is -2.76. The predicted octanol–water partition coefficient (Wildman–Crippen LogP) is 1.58. The van der Waals surface area contributed by atoms with E-state index in [-0.39, 0.29) is 27.3 Å². The zero-order chi connectivity index (χ0) is 17.5. The minimum Gasteiger partial charge on any atom is -0.279 e. The second-order valence-electron chi connectivity index (χ2n) is 5.11. The van der Waals surface area contributed by atoms with Crippen LogP contribution < -0.4 is 4.72 Å². The lowest BCUT2D eigenvalue weighted by atomic mass is 10.1. The van der Waals surface area contributed by atoms with Crippen molar-refractivity contribution in [2.45, 2.75) is 4.90 Å². The number of fused-ring (bicyclic) bond motifs is 1. The molecule has 2 aromatic carbocycles. The molecule has 0 saturated heterocycles. The summed E-state index contributed by atoms with van der Waals surface area (Å²) in [5, 5.41) is 9.07. The molecule has 120 valence electrons. The summed E-state index contributed by atoms with van der Waals surface area (Å²) in [6.45, 7) is 0. The number of rotatable bonds is 3. The Morgan fingerprint density at radius 3 is 2.46 bits per heavy atom. The Hall–Kier alpha value is -3.18. The lowest BCUT2D eigenvalue weighted by molar-refractivity contribution is 0.0693. The number of carbonyl (C=O) groups is 2. The third kappa shape index (κ3) is 2.31. The Balaban J connectivity index is 2.10. The summed E-state index contributed by atoms with van der Waals surface area (Å²) in [5.41, 5.74) is 0.124. The van der Waals surface area contributed by atoms with Crippen molar-refractivity contribution < 1.29 is 18.0 Å². The van der Waals surface area contributed by atoms with Crippen molar-refractivity contribution in [3.05, 3.63) is 59.2 Å². The van der Waals surface area contributed by atoms with Crippen LogP contribution in [0, 0.1) is 11.3 Å². The molecule has 8 heteroatoms. The molecule has 1 heterocycles. The molecule has 0 atom stereocenters. The summed E-state index contributed by atoms with van der Waals surface area (Å²) in [6.07, 6.45) is 0. The molecule has 1 N–H and O–H groups in total. The van der Waals surface area contributed by atoms with Gasteiger partial charge in [-0.1, -0.05) is 18.2 Å². The van der Waals surface area contributed by atoms with Gasteiger partial charge in [-0.3, -0.25) is 19.2 Å². The van der Waals surface area contributed by atoms with Gasteiger partial charge in [-0.15, -0.1) is 0 Å². The van der Waals surface area contributed by atoms with E-state index in [2.05, 4.69) is 4.72 Å². The standard InChI is InChI=1S/C16H11N3O4S/c1-19-15(20)11-6-4-7-12(14(11)16(19)21)18-24(22,23)13-8-3-2-5-10(13)9-17/h2-8,18H,1H3. The largest absolute Gasteiger partial charge is 0.279 e. The molecule has 24 heavy (non-hydrogen) atoms. The molecule has 2 amide bonds. The highest BCUT2D eigenvalue weighted by Crippen LogP contribution is 2.30. The Morgan fingerprint density at radius 1 is 1.04 bits per heavy atom. The van der Waals surface area contributed by atoms with Crippen LogP contribution in [0.3, 0.4) is 0 Å². The van der Waals surface area contributed by atoms with Crippen LogP contribution in [0.4, 0.5) is 5.69 Å². The third-order valence-corrected chi connectivity index (χ3v) is 5.08. The lowest BCUT2D eigenvalue weighted by Crippen LogP contribution is -2.24. The van der Waals surface area contributed by atoms with Crippen LogP contribution in [0.2, 0.25) is 0 Å². The van der Waals surface area contributed by atoms with Gasteiger partial charge in [0.1, 0.15) is 11.0 Å². The molecule has 0 aliphatic carbocycles. The molecule has 7 nitrogen and oxygen atoms in total. The number of anilines is 1. The molecule has 2 aromatic rings. The van der Waals surface area contributed by atoms with Crippen molar-refractivity contribution in [3.8, 4) is 6.07 Å². The Kier molecular flexibility index (Phi) is 3.58. The van der Waals surface area contributed by atoms with Crippen molar-refractivity contribution in [2.24, 2.45) is 0 Å². The zero-order valence-corrected chi connectivity index (χ0v) is 13.3. The number of amides is 2. The molecule has 1 aliphatic rings. The molecule has 0 fully saturated rings. The van der Waals surface area contributed by atoms with Gasteiger partial charge in [0.25, 0.3) is 21.8 Å². The highest BCUT2D eigenvalue weighted by atomic mass is 32.2. The summed E-state index contributed by atoms with van der Waals surface area (Å²) in [5.74, 6) is -1.07. The fourth-order valence-electron chi connectivity index (χ4n) is 2.48. The maximum atomic E-state index is 12.6. The van der Waals surface area contributed by atoms with Gasteiger partial charge >= 0.3 is 0 Å². The van der Waals surface area contributed by atoms with E-state index < -0.39 is 21.8 Å². The fraction of sp³-hybridized carbons (Fsp3) is 0.0625. The van der Waals surface area contributed by atoms with Gasteiger partial charge in [-0.25, -0.2) is 8.42 Å². The van der Waals surface area contributed by atoms with Gasteiger partial charge in [-0.2, -0.15) is 5.26 Å². The van der Waals surface area contributed by atoms with Crippen LogP contribution in [0.15, 0.2) is 47.4 Å². The minimum atomic E-state index is -4.09. The van der Waals surface area contributed by atoms with Gasteiger partial charge in [0.15, 0.2) is 0 Å². The fourth-order valence-corrected chi connectivity index (χ4v) is 3.71. The van der Waals surface area contributed by atoms with Crippen LogP contribution in [0.5, 0.6) is 0 Å². The maximum Gasteiger partial charge on any atom is 0.263 e. The van der Waals surface area contributed by atoms with Crippen molar-refractivity contribution in [1.82, 2.24) is 4.90 Å². The molecule has 0 radical (unpaired) electrons. The summed E-state index contributed by atoms with van der Waals surface area (Å²) in [4.78, 5) is 24.9. The smallest absolute Gasteiger partial charge is 0.263 e. The molecule has 3 rings (SSSR count). The summed E-state index contributed by atoms with van der Waals surface area (Å²) in [6, 6.07) is 11.9. The number of hydrogen-bond donors (Lipinski definition) is 1. The zero-order valence-electron chi connectivity index (χ0n) is 12.5. The first kappa shape index (κ1) is 15.7. The number of hydrogen-bond acceptors (Lipinski definition) is 5. The van der Waals surface area contributed by atoms with Gasteiger partial charge in [0.2, 0.25) is 0 Å². The second-order valence-corrected chi connectivity index (χ2v) is 6.76. The number of benzene rings is 2. The first-order valence-electron chi connectivity index (χ1n) is 6.84. The number of nitriles is 1. The summed E-state index contributed by atoms with van der Waals surface area (Å²) >= 11 is 0. The Morgan fingerprint density at radius 2 is 1.75 bits per heavy atom. The molecule has 0 spiro atoms. The minimum absolute atomic E-state index is 0.00272. The Bertz CT molecular complexity index is 1020. The van der Waals surface area contributed by atoms with Gasteiger partial charge in [0.05, 0.1) is 22.4 Å². The van der Waals surface area contributed by atoms with E-state index in [1.807, 2.05) is 6.07 Å². The quantitative estimate of drug-likeness (QED) is 0.853. The van der Waals surface area contributed by atoms with Gasteiger partial charge < -0.3 is 0 Å². The molecular weight excluding hydrogens is 330 g/mol. The molecule has 0 aromatic heterocycles. The highest BCUT2D eigenvalue weighted by molar-refractivity contribution is 7.92. The van der Waals surface area contributed by atoms with E-state index in [1.54, 1.807) is 6.07 Å². The number of nitrogens with zero attached hydrogens (tertiary/aromatic N) is 2. The third-order valence-electron chi connectivity index (χ3n) is 3.66. The number of nitrogens with one attached hydrogen (secondary N) is 1. The van der Waals surface area contributed by atoms with Crippen LogP contribution in [0.1, 0.15) is 26.3 Å². The average molecular weight is 341 g/mol. The van der Waals surface area contributed by atoms with Crippen LogP contribution in [-0.4, -0.2) is 32.2 Å². The lowest BCUT2D eigenvalue weighted by Gasteiger charge is -2.11. The van der Waals surface area contributed by atoms with E-state index in [9.17, 15) is 18.0 Å². The first-order chi connectivity index (χ1) is 11.4. The molecule has 1 aliphatic heterocycles. The summed E-state index contributed by atoms with van der Waals surface area (Å²) < 4.78 is 27.5. The van der Waals surface area contributed by atoms with Gasteiger partial charge in [-0.05, 0) is 24.3 Å². The van der Waals surface area contributed by atoms with Crippen LogP contribution in [0.25, 0.3) is 0 Å². The topological polar surface area (TPSA) is 107 Å². The first-order valence-corrected chi connectivity index (χ1v) is 8.32. The van der Waals surface area contributed by atoms with Crippen molar-refractivity contribution in [3.63, 3.8) is 0 Å². The van der Waals surface area contributed by atoms with Crippen molar-refractivity contribution >= 4 is 27.5 Å². The van der Waals surface area contributed by atoms with E-state index in [4.69, 9.17) is 5.26 Å². The number of carbonyl (C=O) groups excluding carboxylic acids is 2. The second kappa shape index (κ2) is 5.47. The average Bonchev–Trinajstić information content (AvgIpc) is 2.80. The van der Waals surface area contributed by atoms with Crippen molar-refractivity contribution in [2.75, 3.05) is 11.8 Å². The van der Waals surface area contributed by atoms with E-state index >= 15 is 0 Å². The SMILES string of the molecule is CN1C(=O)c2cccc(NS(=O)(=O)c3ccccc3C#N)c2C1=O. The van der Waals surface area contributed by atoms with E-state index in [0.717, 1.165) is 4.90 Å². The molecular formula is C16H11N3O4S. The van der Waals surface area contributed by atoms with E-state index in [1.165, 1.54) is 43.4 Å². The number of sulfonamides is 1. The maximum absolute atomic E-state index is 12.6. The highest BCUT2D eigenvalue weighted by Gasteiger charge is 2.35. The normalized spacial score (nSPS) is 13.6. The van der Waals surface area contributed by atoms with Crippen LogP contribution in [-0.2, 0) is 10.0 Å². The molecule has 0 unspecified atom stereocenters.